The van der Waals surface area contributed by atoms with Crippen molar-refractivity contribution in [2.24, 2.45) is 5.41 Å². The number of carbonyl (C=O) groups is 2. The minimum Gasteiger partial charge on any atom is -0.481 e. The van der Waals surface area contributed by atoms with E-state index in [2.05, 4.69) is 46.0 Å². The molecule has 1 amide bonds. The van der Waals surface area contributed by atoms with Crippen LogP contribution in [0.2, 0.25) is 18.1 Å². The number of nitrogens with zero attached hydrogens (tertiary/aromatic N) is 1. The quantitative estimate of drug-likeness (QED) is 0.183. The Hall–Kier alpha value is -1.64. The molecule has 1 aromatic carbocycles. The highest BCUT2D eigenvalue weighted by atomic mass is 32.2. The molecule has 2 atom stereocenters. The second kappa shape index (κ2) is 11.8. The zero-order chi connectivity index (χ0) is 26.6. The van der Waals surface area contributed by atoms with Crippen LogP contribution in [0.3, 0.4) is 0 Å². The van der Waals surface area contributed by atoms with Crippen LogP contribution in [0, 0.1) is 11.2 Å². The molecule has 8 heteroatoms. The average molecular weight is 536 g/mol. The first kappa shape index (κ1) is 28.9. The Morgan fingerprint density at radius 2 is 1.97 bits per heavy atom. The lowest BCUT2D eigenvalue weighted by Crippen LogP contribution is -2.44. The molecule has 1 aromatic rings. The van der Waals surface area contributed by atoms with E-state index in [4.69, 9.17) is 9.53 Å². The van der Waals surface area contributed by atoms with E-state index < -0.39 is 14.3 Å². The summed E-state index contributed by atoms with van der Waals surface area (Å²) in [7, 11) is -2.04. The number of carboxylic acid groups (broad SMARTS) is 1. The molecule has 1 heterocycles. The fourth-order valence-corrected chi connectivity index (χ4v) is 6.94. The van der Waals surface area contributed by atoms with Gasteiger partial charge in [-0.15, -0.1) is 0 Å². The van der Waals surface area contributed by atoms with Crippen molar-refractivity contribution in [2.45, 2.75) is 89.6 Å². The van der Waals surface area contributed by atoms with Crippen LogP contribution in [-0.4, -0.2) is 60.4 Å². The molecule has 1 N–H and O–H groups in total. The Morgan fingerprint density at radius 1 is 1.31 bits per heavy atom. The summed E-state index contributed by atoms with van der Waals surface area (Å²) in [5, 5.41) is 9.18. The van der Waals surface area contributed by atoms with Crippen molar-refractivity contribution in [1.82, 2.24) is 4.90 Å². The number of hydrogen-bond acceptors (Lipinski definition) is 4. The Bertz CT molecular complexity index is 940. The van der Waals surface area contributed by atoms with E-state index in [1.54, 1.807) is 11.8 Å². The van der Waals surface area contributed by atoms with Crippen LogP contribution >= 0.6 is 11.8 Å². The summed E-state index contributed by atoms with van der Waals surface area (Å²) in [5.74, 6) is 0.879. The van der Waals surface area contributed by atoms with Gasteiger partial charge in [0.2, 0.25) is 5.91 Å². The smallest absolute Gasteiger partial charge is 0.303 e. The van der Waals surface area contributed by atoms with Crippen molar-refractivity contribution < 1.29 is 23.5 Å². The summed E-state index contributed by atoms with van der Waals surface area (Å²) in [5.41, 5.74) is 0.996. The Labute approximate surface area is 221 Å². The number of hydrogen-bond donors (Lipinski definition) is 1. The molecule has 36 heavy (non-hydrogen) atoms. The van der Waals surface area contributed by atoms with Gasteiger partial charge in [-0.25, -0.2) is 4.39 Å². The third-order valence-electron chi connectivity index (χ3n) is 7.89. The monoisotopic (exact) mass is 535 g/mol. The molecule has 0 radical (unpaired) electrons. The lowest BCUT2D eigenvalue weighted by atomic mass is 10.1. The van der Waals surface area contributed by atoms with E-state index in [1.807, 2.05) is 17.0 Å². The molecule has 3 rings (SSSR count). The minimum absolute atomic E-state index is 0.0283. The molecule has 1 saturated heterocycles. The maximum atomic E-state index is 13.4. The first-order valence-electron chi connectivity index (χ1n) is 13.0. The van der Waals surface area contributed by atoms with Gasteiger partial charge in [-0.3, -0.25) is 9.59 Å². The molecule has 1 aliphatic heterocycles. The van der Waals surface area contributed by atoms with Crippen molar-refractivity contribution in [2.75, 3.05) is 18.1 Å². The van der Waals surface area contributed by atoms with E-state index >= 15 is 0 Å². The molecule has 0 spiro atoms. The second-order valence-electron chi connectivity index (χ2n) is 11.9. The topological polar surface area (TPSA) is 66.8 Å². The molecule has 1 aliphatic carbocycles. The van der Waals surface area contributed by atoms with E-state index in [1.165, 1.54) is 12.1 Å². The van der Waals surface area contributed by atoms with Crippen LogP contribution in [0.4, 0.5) is 4.39 Å². The number of amides is 1. The summed E-state index contributed by atoms with van der Waals surface area (Å²) in [6, 6.07) is 6.64. The maximum Gasteiger partial charge on any atom is 0.303 e. The standard InChI is InChI=1S/C28H42FNO4SSi/c1-27(2,3)36(4,5)34-24(18-21-6-8-22(29)9-7-21)12-10-23-11-13-25(31)30(23)16-17-35-20-28(14-15-28)19-26(32)33/h6-10,12,23-24H,11,13-20H2,1-5H3,(H,32,33)/t23-,24+/m0/s1. The number of carbonyl (C=O) groups excluding carboxylic acids is 1. The van der Waals surface area contributed by atoms with Gasteiger partial charge in [0.1, 0.15) is 5.82 Å². The van der Waals surface area contributed by atoms with Gasteiger partial charge in [-0.05, 0) is 66.3 Å². The summed E-state index contributed by atoms with van der Waals surface area (Å²) < 4.78 is 20.2. The van der Waals surface area contributed by atoms with E-state index in [-0.39, 0.29) is 40.7 Å². The Morgan fingerprint density at radius 3 is 2.56 bits per heavy atom. The fourth-order valence-electron chi connectivity index (χ4n) is 4.38. The van der Waals surface area contributed by atoms with Crippen molar-refractivity contribution in [3.8, 4) is 0 Å². The van der Waals surface area contributed by atoms with Crippen LogP contribution in [0.15, 0.2) is 36.4 Å². The van der Waals surface area contributed by atoms with Crippen LogP contribution in [0.25, 0.3) is 0 Å². The van der Waals surface area contributed by atoms with Crippen LogP contribution in [0.1, 0.15) is 58.4 Å². The largest absolute Gasteiger partial charge is 0.481 e. The zero-order valence-corrected chi connectivity index (χ0v) is 24.2. The van der Waals surface area contributed by atoms with Gasteiger partial charge in [-0.1, -0.05) is 45.1 Å². The first-order valence-corrected chi connectivity index (χ1v) is 17.1. The average Bonchev–Trinajstić information content (AvgIpc) is 3.43. The van der Waals surface area contributed by atoms with Gasteiger partial charge in [0, 0.05) is 25.1 Å². The predicted molar refractivity (Wildman–Crippen MR) is 147 cm³/mol. The van der Waals surface area contributed by atoms with E-state index in [9.17, 15) is 14.0 Å². The highest BCUT2D eigenvalue weighted by Gasteiger charge is 2.44. The molecule has 0 bridgehead atoms. The van der Waals surface area contributed by atoms with Crippen LogP contribution < -0.4 is 0 Å². The molecule has 0 unspecified atom stereocenters. The number of carboxylic acids is 1. The van der Waals surface area contributed by atoms with E-state index in [0.717, 1.165) is 36.3 Å². The SMILES string of the molecule is CC(C)(C)[Si](C)(C)O[C@H](C=C[C@H]1CCC(=O)N1CCSCC1(CC(=O)O)CC1)Cc1ccc(F)cc1. The lowest BCUT2D eigenvalue weighted by Gasteiger charge is -2.39. The molecular weight excluding hydrogens is 493 g/mol. The summed E-state index contributed by atoms with van der Waals surface area (Å²) in [4.78, 5) is 25.7. The third-order valence-corrected chi connectivity index (χ3v) is 13.7. The first-order chi connectivity index (χ1) is 16.8. The van der Waals surface area contributed by atoms with Crippen molar-refractivity contribution in [1.29, 1.82) is 0 Å². The lowest BCUT2D eigenvalue weighted by molar-refractivity contribution is -0.138. The number of halogens is 1. The molecule has 0 aromatic heterocycles. The molecule has 5 nitrogen and oxygen atoms in total. The zero-order valence-electron chi connectivity index (χ0n) is 22.4. The minimum atomic E-state index is -2.04. The summed E-state index contributed by atoms with van der Waals surface area (Å²) in [6.07, 6.45) is 8.33. The normalized spacial score (nSPS) is 20.8. The number of rotatable bonds is 13. The molecule has 200 valence electrons. The predicted octanol–water partition coefficient (Wildman–Crippen LogP) is 6.29. The van der Waals surface area contributed by atoms with Gasteiger partial charge < -0.3 is 14.4 Å². The third kappa shape index (κ3) is 8.18. The molecule has 2 fully saturated rings. The van der Waals surface area contributed by atoms with Gasteiger partial charge in [0.05, 0.1) is 18.6 Å². The molecular formula is C28H42FNO4SSi. The Balaban J connectivity index is 1.62. The van der Waals surface area contributed by atoms with Crippen molar-refractivity contribution in [3.05, 3.63) is 47.8 Å². The highest BCUT2D eigenvalue weighted by molar-refractivity contribution is 7.99. The van der Waals surface area contributed by atoms with Crippen molar-refractivity contribution in [3.63, 3.8) is 0 Å². The van der Waals surface area contributed by atoms with Crippen LogP contribution in [-0.2, 0) is 20.4 Å². The van der Waals surface area contributed by atoms with Crippen molar-refractivity contribution >= 4 is 32.0 Å². The summed E-state index contributed by atoms with van der Waals surface area (Å²) in [6.45, 7) is 11.8. The number of likely N-dealkylation sites (tertiary alicyclic amines) is 1. The number of benzene rings is 1. The highest BCUT2D eigenvalue weighted by Crippen LogP contribution is 2.51. The number of aliphatic carboxylic acids is 1. The molecule has 2 aliphatic rings. The van der Waals surface area contributed by atoms with E-state index in [0.29, 0.717) is 19.4 Å². The van der Waals surface area contributed by atoms with Crippen LogP contribution in [0.5, 0.6) is 0 Å². The second-order valence-corrected chi connectivity index (χ2v) is 17.8. The fraction of sp³-hybridized carbons (Fsp3) is 0.643. The maximum absolute atomic E-state index is 13.4. The van der Waals surface area contributed by atoms with Gasteiger partial charge in [-0.2, -0.15) is 11.8 Å². The summed E-state index contributed by atoms with van der Waals surface area (Å²) >= 11 is 1.76. The van der Waals surface area contributed by atoms with Gasteiger partial charge in [0.15, 0.2) is 8.32 Å². The molecule has 1 saturated carbocycles. The van der Waals surface area contributed by atoms with Gasteiger partial charge >= 0.3 is 5.97 Å². The Kier molecular flexibility index (Phi) is 9.50. The van der Waals surface area contributed by atoms with Gasteiger partial charge in [0.25, 0.3) is 0 Å². The number of thioether (sulfide) groups is 1.